The molecule has 3 fully saturated rings. The number of amides is 1. The molecule has 0 unspecified atom stereocenters. The summed E-state index contributed by atoms with van der Waals surface area (Å²) in [5.74, 6) is -0.284. The van der Waals surface area contributed by atoms with E-state index >= 15 is 0 Å². The number of carbonyl (C=O) groups excluding carboxylic acids is 2. The van der Waals surface area contributed by atoms with Crippen molar-refractivity contribution >= 4 is 11.9 Å². The van der Waals surface area contributed by atoms with E-state index in [9.17, 15) is 9.59 Å². The van der Waals surface area contributed by atoms with Gasteiger partial charge < -0.3 is 9.64 Å². The Morgan fingerprint density at radius 2 is 1.62 bits per heavy atom. The summed E-state index contributed by atoms with van der Waals surface area (Å²) in [6.45, 7) is 0. The Hall–Kier alpha value is -1.06. The Bertz CT molecular complexity index is 328. The van der Waals surface area contributed by atoms with E-state index in [1.807, 2.05) is 4.90 Å². The first-order valence-electron chi connectivity index (χ1n) is 6.10. The molecule has 0 aromatic rings. The van der Waals surface area contributed by atoms with Gasteiger partial charge in [0.2, 0.25) is 5.91 Å². The first-order chi connectivity index (χ1) is 7.69. The van der Waals surface area contributed by atoms with Crippen LogP contribution in [0.5, 0.6) is 0 Å². The zero-order chi connectivity index (χ0) is 11.3. The molecule has 2 bridgehead atoms. The van der Waals surface area contributed by atoms with Crippen molar-refractivity contribution in [1.82, 2.24) is 4.90 Å². The lowest BCUT2D eigenvalue weighted by atomic mass is 10.0. The molecule has 1 aliphatic carbocycles. The van der Waals surface area contributed by atoms with Crippen LogP contribution >= 0.6 is 0 Å². The van der Waals surface area contributed by atoms with E-state index in [0.717, 1.165) is 25.7 Å². The van der Waals surface area contributed by atoms with E-state index in [4.69, 9.17) is 4.74 Å². The van der Waals surface area contributed by atoms with Crippen LogP contribution < -0.4 is 0 Å². The number of hydrogen-bond acceptors (Lipinski definition) is 3. The molecule has 4 nitrogen and oxygen atoms in total. The standard InChI is InChI=1S/C12H17NO3/c1-16-11(15)12(6-7-12)10(14)13-8-2-3-9(13)5-4-8/h8-9H,2-7H2,1H3. The number of ether oxygens (including phenoxy) is 1. The summed E-state index contributed by atoms with van der Waals surface area (Å²) in [6.07, 6.45) is 5.82. The molecule has 1 amide bonds. The van der Waals surface area contributed by atoms with E-state index in [2.05, 4.69) is 0 Å². The average Bonchev–Trinajstić information content (AvgIpc) is 2.92. The number of fused-ring (bicyclic) bond motifs is 2. The molecule has 0 aromatic heterocycles. The van der Waals surface area contributed by atoms with Crippen LogP contribution in [0.15, 0.2) is 0 Å². The van der Waals surface area contributed by atoms with Crippen LogP contribution in [0.1, 0.15) is 38.5 Å². The third-order valence-electron chi connectivity index (χ3n) is 4.42. The predicted octanol–water partition coefficient (Wildman–Crippen LogP) is 1.09. The molecule has 3 aliphatic rings. The third-order valence-corrected chi connectivity index (χ3v) is 4.42. The quantitative estimate of drug-likeness (QED) is 0.520. The average molecular weight is 223 g/mol. The molecule has 4 heteroatoms. The first kappa shape index (κ1) is 10.1. The second-order valence-electron chi connectivity index (χ2n) is 5.25. The molecular formula is C12H17NO3. The Morgan fingerprint density at radius 1 is 1.12 bits per heavy atom. The summed E-state index contributed by atoms with van der Waals surface area (Å²) >= 11 is 0. The molecule has 0 atom stereocenters. The second-order valence-corrected chi connectivity index (χ2v) is 5.25. The minimum absolute atomic E-state index is 0.0457. The molecule has 88 valence electrons. The van der Waals surface area contributed by atoms with E-state index in [-0.39, 0.29) is 11.9 Å². The topological polar surface area (TPSA) is 46.6 Å². The lowest BCUT2D eigenvalue weighted by molar-refractivity contribution is -0.156. The highest BCUT2D eigenvalue weighted by Gasteiger charge is 2.62. The SMILES string of the molecule is COC(=O)C1(C(=O)N2C3CCC2CC3)CC1. The van der Waals surface area contributed by atoms with Crippen LogP contribution in [0, 0.1) is 5.41 Å². The van der Waals surface area contributed by atoms with Crippen LogP contribution in [-0.2, 0) is 14.3 Å². The van der Waals surface area contributed by atoms with Gasteiger partial charge in [0.1, 0.15) is 5.41 Å². The van der Waals surface area contributed by atoms with Crippen molar-refractivity contribution < 1.29 is 14.3 Å². The van der Waals surface area contributed by atoms with E-state index in [1.165, 1.54) is 7.11 Å². The van der Waals surface area contributed by atoms with Gasteiger partial charge in [0.05, 0.1) is 7.11 Å². The number of methoxy groups -OCH3 is 1. The maximum Gasteiger partial charge on any atom is 0.321 e. The molecule has 2 saturated heterocycles. The molecule has 1 saturated carbocycles. The van der Waals surface area contributed by atoms with Crippen molar-refractivity contribution in [1.29, 1.82) is 0 Å². The summed E-state index contributed by atoms with van der Waals surface area (Å²) in [5, 5.41) is 0. The van der Waals surface area contributed by atoms with Crippen molar-refractivity contribution in [3.8, 4) is 0 Å². The van der Waals surface area contributed by atoms with Gasteiger partial charge in [0.15, 0.2) is 0 Å². The highest BCUT2D eigenvalue weighted by atomic mass is 16.5. The van der Waals surface area contributed by atoms with Gasteiger partial charge in [0.25, 0.3) is 0 Å². The Kier molecular flexibility index (Phi) is 2.03. The summed E-state index contributed by atoms with van der Waals surface area (Å²) in [6, 6.07) is 0.805. The van der Waals surface area contributed by atoms with Crippen LogP contribution in [0.4, 0.5) is 0 Å². The molecule has 3 rings (SSSR count). The van der Waals surface area contributed by atoms with Crippen molar-refractivity contribution in [3.05, 3.63) is 0 Å². The van der Waals surface area contributed by atoms with Gasteiger partial charge in [-0.3, -0.25) is 9.59 Å². The first-order valence-corrected chi connectivity index (χ1v) is 6.10. The van der Waals surface area contributed by atoms with Gasteiger partial charge >= 0.3 is 5.97 Å². The highest BCUT2D eigenvalue weighted by molar-refractivity contribution is 6.06. The fourth-order valence-corrected chi connectivity index (χ4v) is 3.32. The van der Waals surface area contributed by atoms with Crippen LogP contribution in [0.3, 0.4) is 0 Å². The molecule has 2 heterocycles. The van der Waals surface area contributed by atoms with Crippen molar-refractivity contribution in [3.63, 3.8) is 0 Å². The maximum atomic E-state index is 12.4. The summed E-state index contributed by atoms with van der Waals surface area (Å²) in [4.78, 5) is 26.1. The summed E-state index contributed by atoms with van der Waals surface area (Å²) in [7, 11) is 1.37. The van der Waals surface area contributed by atoms with Crippen LogP contribution in [0.25, 0.3) is 0 Å². The van der Waals surface area contributed by atoms with Crippen LogP contribution in [0.2, 0.25) is 0 Å². The summed E-state index contributed by atoms with van der Waals surface area (Å²) in [5.41, 5.74) is -0.792. The predicted molar refractivity (Wildman–Crippen MR) is 56.6 cm³/mol. The highest BCUT2D eigenvalue weighted by Crippen LogP contribution is 2.51. The lowest BCUT2D eigenvalue weighted by Crippen LogP contribution is -2.43. The molecule has 16 heavy (non-hydrogen) atoms. The maximum absolute atomic E-state index is 12.4. The molecule has 2 aliphatic heterocycles. The number of carbonyl (C=O) groups is 2. The number of rotatable bonds is 2. The number of esters is 1. The summed E-state index contributed by atoms with van der Waals surface area (Å²) < 4.78 is 4.76. The van der Waals surface area contributed by atoms with Crippen LogP contribution in [-0.4, -0.2) is 36.0 Å². The van der Waals surface area contributed by atoms with Gasteiger partial charge in [-0.1, -0.05) is 0 Å². The molecule has 0 spiro atoms. The number of hydrogen-bond donors (Lipinski definition) is 0. The molecule has 0 aromatic carbocycles. The van der Waals surface area contributed by atoms with Gasteiger partial charge in [-0.25, -0.2) is 0 Å². The van der Waals surface area contributed by atoms with E-state index in [1.54, 1.807) is 0 Å². The van der Waals surface area contributed by atoms with Gasteiger partial charge in [-0.15, -0.1) is 0 Å². The van der Waals surface area contributed by atoms with Gasteiger partial charge in [0, 0.05) is 12.1 Å². The lowest BCUT2D eigenvalue weighted by Gasteiger charge is -2.26. The minimum Gasteiger partial charge on any atom is -0.468 e. The fourth-order valence-electron chi connectivity index (χ4n) is 3.32. The minimum atomic E-state index is -0.792. The zero-order valence-electron chi connectivity index (χ0n) is 9.57. The van der Waals surface area contributed by atoms with E-state index in [0.29, 0.717) is 24.9 Å². The smallest absolute Gasteiger partial charge is 0.321 e. The molecule has 0 N–H and O–H groups in total. The third kappa shape index (κ3) is 1.16. The fraction of sp³-hybridized carbons (Fsp3) is 0.833. The Morgan fingerprint density at radius 3 is 2.00 bits per heavy atom. The van der Waals surface area contributed by atoms with Gasteiger partial charge in [-0.2, -0.15) is 0 Å². The zero-order valence-corrected chi connectivity index (χ0v) is 9.57. The largest absolute Gasteiger partial charge is 0.468 e. The Balaban J connectivity index is 1.81. The molecule has 0 radical (unpaired) electrons. The molecular weight excluding hydrogens is 206 g/mol. The van der Waals surface area contributed by atoms with Crippen molar-refractivity contribution in [2.75, 3.05) is 7.11 Å². The monoisotopic (exact) mass is 223 g/mol. The van der Waals surface area contributed by atoms with Crippen molar-refractivity contribution in [2.45, 2.75) is 50.6 Å². The normalized spacial score (nSPS) is 33.9. The Labute approximate surface area is 94.9 Å². The van der Waals surface area contributed by atoms with E-state index < -0.39 is 5.41 Å². The number of nitrogens with zero attached hydrogens (tertiary/aromatic N) is 1. The van der Waals surface area contributed by atoms with Gasteiger partial charge in [-0.05, 0) is 38.5 Å². The second kappa shape index (κ2) is 3.22. The van der Waals surface area contributed by atoms with Crippen molar-refractivity contribution in [2.24, 2.45) is 5.41 Å².